The van der Waals surface area contributed by atoms with Gasteiger partial charge in [-0.25, -0.2) is 0 Å². The summed E-state index contributed by atoms with van der Waals surface area (Å²) in [6.45, 7) is 9.47. The lowest BCUT2D eigenvalue weighted by molar-refractivity contribution is 0.200. The van der Waals surface area contributed by atoms with E-state index in [0.29, 0.717) is 0 Å². The van der Waals surface area contributed by atoms with Crippen molar-refractivity contribution in [3.63, 3.8) is 0 Å². The third-order valence-corrected chi connectivity index (χ3v) is 3.76. The molecule has 0 saturated heterocycles. The molecule has 1 aromatic rings. The molecule has 1 aromatic carbocycles. The molecule has 0 atom stereocenters. The summed E-state index contributed by atoms with van der Waals surface area (Å²) in [6, 6.07) is 8.92. The van der Waals surface area contributed by atoms with Crippen LogP contribution in [0.4, 0.5) is 0 Å². The van der Waals surface area contributed by atoms with Crippen LogP contribution in [0.2, 0.25) is 0 Å². The summed E-state index contributed by atoms with van der Waals surface area (Å²) in [5.41, 5.74) is 1.63. The van der Waals surface area contributed by atoms with Crippen LogP contribution < -0.4 is 5.32 Å². The van der Waals surface area contributed by atoms with Crippen molar-refractivity contribution < 1.29 is 4.74 Å². The van der Waals surface area contributed by atoms with E-state index in [-0.39, 0.29) is 5.41 Å². The third-order valence-electron chi connectivity index (χ3n) is 2.75. The normalized spacial score (nSPS) is 11.8. The Morgan fingerprint density at radius 2 is 1.78 bits per heavy atom. The molecule has 0 aromatic heterocycles. The van der Waals surface area contributed by atoms with Gasteiger partial charge in [0.15, 0.2) is 0 Å². The molecule has 1 N–H and O–H groups in total. The average molecular weight is 267 g/mol. The highest BCUT2D eigenvalue weighted by Gasteiger charge is 2.12. The lowest BCUT2D eigenvalue weighted by Gasteiger charge is -2.19. The summed E-state index contributed by atoms with van der Waals surface area (Å²) in [4.78, 5) is 1.34. The molecular weight excluding hydrogens is 242 g/mol. The lowest BCUT2D eigenvalue weighted by atomic mass is 9.87. The predicted molar refractivity (Wildman–Crippen MR) is 80.6 cm³/mol. The van der Waals surface area contributed by atoms with E-state index in [1.54, 1.807) is 7.11 Å². The second kappa shape index (κ2) is 7.82. The molecule has 0 spiro atoms. The molecule has 18 heavy (non-hydrogen) atoms. The van der Waals surface area contributed by atoms with E-state index in [1.165, 1.54) is 10.5 Å². The molecule has 0 unspecified atom stereocenters. The maximum absolute atomic E-state index is 4.98. The molecule has 2 nitrogen and oxygen atoms in total. The molecule has 0 heterocycles. The predicted octanol–water partition coefficient (Wildman–Crippen LogP) is 3.31. The van der Waals surface area contributed by atoms with Crippen LogP contribution in [-0.4, -0.2) is 32.6 Å². The minimum atomic E-state index is 0.241. The zero-order valence-electron chi connectivity index (χ0n) is 12.0. The van der Waals surface area contributed by atoms with Crippen molar-refractivity contribution in [3.05, 3.63) is 29.8 Å². The molecule has 0 fully saturated rings. The number of ether oxygens (including phenoxy) is 1. The minimum Gasteiger partial charge on any atom is -0.383 e. The third kappa shape index (κ3) is 5.89. The van der Waals surface area contributed by atoms with Gasteiger partial charge >= 0.3 is 0 Å². The number of thioether (sulfide) groups is 1. The first kappa shape index (κ1) is 15.5. The largest absolute Gasteiger partial charge is 0.383 e. The fourth-order valence-corrected chi connectivity index (χ4v) is 2.40. The van der Waals surface area contributed by atoms with Gasteiger partial charge in [-0.15, -0.1) is 11.8 Å². The van der Waals surface area contributed by atoms with E-state index in [0.717, 1.165) is 25.4 Å². The molecule has 0 bridgehead atoms. The maximum atomic E-state index is 4.98. The number of benzene rings is 1. The smallest absolute Gasteiger partial charge is 0.0587 e. The lowest BCUT2D eigenvalue weighted by Crippen LogP contribution is -2.21. The van der Waals surface area contributed by atoms with Crippen molar-refractivity contribution in [3.8, 4) is 0 Å². The van der Waals surface area contributed by atoms with Gasteiger partial charge in [0.25, 0.3) is 0 Å². The van der Waals surface area contributed by atoms with Crippen LogP contribution in [0.15, 0.2) is 29.2 Å². The van der Waals surface area contributed by atoms with Crippen molar-refractivity contribution >= 4 is 11.8 Å². The molecule has 0 radical (unpaired) electrons. The van der Waals surface area contributed by atoms with E-state index < -0.39 is 0 Å². The van der Waals surface area contributed by atoms with Crippen molar-refractivity contribution in [2.75, 3.05) is 32.6 Å². The quantitative estimate of drug-likeness (QED) is 0.605. The first-order chi connectivity index (χ1) is 8.54. The van der Waals surface area contributed by atoms with Crippen molar-refractivity contribution in [1.82, 2.24) is 5.32 Å². The van der Waals surface area contributed by atoms with Crippen LogP contribution in [-0.2, 0) is 10.2 Å². The van der Waals surface area contributed by atoms with Gasteiger partial charge in [0, 0.05) is 30.8 Å². The monoisotopic (exact) mass is 267 g/mol. The Hall–Kier alpha value is -0.510. The average Bonchev–Trinajstić information content (AvgIpc) is 2.33. The van der Waals surface area contributed by atoms with Gasteiger partial charge in [0.05, 0.1) is 6.61 Å². The minimum absolute atomic E-state index is 0.241. The Bertz CT molecular complexity index is 329. The Balaban J connectivity index is 2.27. The van der Waals surface area contributed by atoms with Gasteiger partial charge in [-0.05, 0) is 23.1 Å². The summed E-state index contributed by atoms with van der Waals surface area (Å²) in [5, 5.41) is 3.35. The Labute approximate surface area is 116 Å². The number of rotatable bonds is 7. The number of methoxy groups -OCH3 is 1. The van der Waals surface area contributed by atoms with Gasteiger partial charge in [-0.1, -0.05) is 32.9 Å². The Morgan fingerprint density at radius 1 is 1.11 bits per heavy atom. The SMILES string of the molecule is COCCNCCSc1ccc(C(C)(C)C)cc1. The van der Waals surface area contributed by atoms with Crippen LogP contribution >= 0.6 is 11.8 Å². The topological polar surface area (TPSA) is 21.3 Å². The van der Waals surface area contributed by atoms with E-state index in [2.05, 4.69) is 50.4 Å². The fraction of sp³-hybridized carbons (Fsp3) is 0.600. The molecule has 3 heteroatoms. The van der Waals surface area contributed by atoms with E-state index >= 15 is 0 Å². The van der Waals surface area contributed by atoms with Crippen LogP contribution in [0.3, 0.4) is 0 Å². The summed E-state index contributed by atoms with van der Waals surface area (Å²) in [6.07, 6.45) is 0. The van der Waals surface area contributed by atoms with Crippen LogP contribution in [0.25, 0.3) is 0 Å². The summed E-state index contributed by atoms with van der Waals surface area (Å²) < 4.78 is 4.98. The van der Waals surface area contributed by atoms with Gasteiger partial charge < -0.3 is 10.1 Å². The van der Waals surface area contributed by atoms with E-state index in [1.807, 2.05) is 11.8 Å². The molecule has 1 rings (SSSR count). The van der Waals surface area contributed by atoms with Gasteiger partial charge in [0.2, 0.25) is 0 Å². The highest BCUT2D eigenvalue weighted by atomic mass is 32.2. The molecular formula is C15H25NOS. The van der Waals surface area contributed by atoms with E-state index in [4.69, 9.17) is 4.74 Å². The summed E-state index contributed by atoms with van der Waals surface area (Å²) >= 11 is 1.89. The van der Waals surface area contributed by atoms with Gasteiger partial charge in [-0.3, -0.25) is 0 Å². The first-order valence-corrected chi connectivity index (χ1v) is 7.45. The summed E-state index contributed by atoms with van der Waals surface area (Å²) in [5.74, 6) is 1.10. The Kier molecular flexibility index (Phi) is 6.76. The summed E-state index contributed by atoms with van der Waals surface area (Å²) in [7, 11) is 1.73. The molecule has 0 aliphatic rings. The van der Waals surface area contributed by atoms with Crippen LogP contribution in [0.1, 0.15) is 26.3 Å². The first-order valence-electron chi connectivity index (χ1n) is 6.47. The van der Waals surface area contributed by atoms with Crippen LogP contribution in [0, 0.1) is 0 Å². The highest BCUT2D eigenvalue weighted by molar-refractivity contribution is 7.99. The van der Waals surface area contributed by atoms with Gasteiger partial charge in [-0.2, -0.15) is 0 Å². The van der Waals surface area contributed by atoms with Crippen molar-refractivity contribution in [1.29, 1.82) is 0 Å². The molecule has 0 aliphatic carbocycles. The molecule has 0 amide bonds. The number of hydrogen-bond donors (Lipinski definition) is 1. The second-order valence-electron chi connectivity index (χ2n) is 5.37. The second-order valence-corrected chi connectivity index (χ2v) is 6.53. The van der Waals surface area contributed by atoms with Crippen molar-refractivity contribution in [2.45, 2.75) is 31.1 Å². The molecule has 0 aliphatic heterocycles. The van der Waals surface area contributed by atoms with Crippen molar-refractivity contribution in [2.24, 2.45) is 0 Å². The number of hydrogen-bond acceptors (Lipinski definition) is 3. The molecule has 0 saturated carbocycles. The van der Waals surface area contributed by atoms with Crippen LogP contribution in [0.5, 0.6) is 0 Å². The zero-order chi connectivity index (χ0) is 13.4. The molecule has 102 valence electrons. The fourth-order valence-electron chi connectivity index (χ4n) is 1.59. The standard InChI is InChI=1S/C15H25NOS/c1-15(2,3)13-5-7-14(8-6-13)18-12-10-16-9-11-17-4/h5-8,16H,9-12H2,1-4H3. The number of nitrogens with one attached hydrogen (secondary N) is 1. The zero-order valence-corrected chi connectivity index (χ0v) is 12.8. The van der Waals surface area contributed by atoms with Gasteiger partial charge in [0.1, 0.15) is 0 Å². The van der Waals surface area contributed by atoms with E-state index in [9.17, 15) is 0 Å². The Morgan fingerprint density at radius 3 is 2.33 bits per heavy atom. The maximum Gasteiger partial charge on any atom is 0.0587 e. The highest BCUT2D eigenvalue weighted by Crippen LogP contribution is 2.25.